The first-order valence-corrected chi connectivity index (χ1v) is 6.25. The van der Waals surface area contributed by atoms with Crippen molar-refractivity contribution < 1.29 is 18.9 Å². The first-order chi connectivity index (χ1) is 8.88. The Labute approximate surface area is 128 Å². The molecule has 19 heavy (non-hydrogen) atoms. The Morgan fingerprint density at radius 1 is 0.842 bits per heavy atom. The predicted octanol–water partition coefficient (Wildman–Crippen LogP) is 1.03. The average molecular weight is 243 g/mol. The van der Waals surface area contributed by atoms with E-state index in [0.29, 0.717) is 0 Å². The molecule has 92 valence electrons. The summed E-state index contributed by atoms with van der Waals surface area (Å²) in [5, 5.41) is 0. The third-order valence-corrected chi connectivity index (χ3v) is 2.74. The molecule has 0 saturated carbocycles. The summed E-state index contributed by atoms with van der Waals surface area (Å²) in [4.78, 5) is 2.20. The van der Waals surface area contributed by atoms with Crippen molar-refractivity contribution in [2.24, 2.45) is 0 Å². The van der Waals surface area contributed by atoms with E-state index in [1.807, 2.05) is 25.1 Å². The van der Waals surface area contributed by atoms with E-state index in [1.165, 1.54) is 11.1 Å². The van der Waals surface area contributed by atoms with E-state index in [2.05, 4.69) is 59.6 Å². The molecule has 0 radical (unpaired) electrons. The molecule has 0 atom stereocenters. The zero-order chi connectivity index (χ0) is 12.6. The first-order valence-electron chi connectivity index (χ1n) is 6.25. The van der Waals surface area contributed by atoms with E-state index in [1.54, 1.807) is 0 Å². The van der Waals surface area contributed by atoms with Gasteiger partial charge in [-0.15, -0.1) is 0 Å². The van der Waals surface area contributed by atoms with Crippen LogP contribution in [0.3, 0.4) is 0 Å². The fourth-order valence-corrected chi connectivity index (χ4v) is 1.94. The number of rotatable bonds is 5. The Morgan fingerprint density at radius 3 is 1.63 bits per heavy atom. The second kappa shape index (κ2) is 8.64. The number of hydrogen-bond donors (Lipinski definition) is 0. The van der Waals surface area contributed by atoms with Crippen LogP contribution < -0.4 is 18.9 Å². The number of hydrogen-bond acceptors (Lipinski definition) is 1. The molecule has 0 saturated heterocycles. The molecule has 2 heteroatoms. The maximum absolute atomic E-state index is 3.29. The molecular weight excluding hydrogens is 225 g/mol. The maximum Gasteiger partial charge on any atom is 1.00 e. The SMILES string of the molecule is CC=[C-]N(Cc1ccccc1)Cc1ccccc1.[Li+]. The second-order valence-corrected chi connectivity index (χ2v) is 4.25. The van der Waals surface area contributed by atoms with Crippen molar-refractivity contribution in [3.63, 3.8) is 0 Å². The quantitative estimate of drug-likeness (QED) is 0.431. The normalized spacial score (nSPS) is 10.2. The van der Waals surface area contributed by atoms with Gasteiger partial charge < -0.3 is 11.1 Å². The van der Waals surface area contributed by atoms with Crippen LogP contribution in [0.5, 0.6) is 0 Å². The maximum atomic E-state index is 3.29. The average Bonchev–Trinajstić information content (AvgIpc) is 2.41. The summed E-state index contributed by atoms with van der Waals surface area (Å²) in [5.41, 5.74) is 2.62. The van der Waals surface area contributed by atoms with Crippen molar-refractivity contribution in [1.82, 2.24) is 4.90 Å². The van der Waals surface area contributed by atoms with Gasteiger partial charge in [-0.25, -0.2) is 0 Å². The molecule has 0 bridgehead atoms. The molecule has 1 nitrogen and oxygen atoms in total. The minimum absolute atomic E-state index is 0. The van der Waals surface area contributed by atoms with Gasteiger partial charge in [0.05, 0.1) is 0 Å². The van der Waals surface area contributed by atoms with Crippen LogP contribution in [0.15, 0.2) is 66.7 Å². The van der Waals surface area contributed by atoms with E-state index in [0.717, 1.165) is 13.1 Å². The minimum atomic E-state index is 0. The monoisotopic (exact) mass is 243 g/mol. The van der Waals surface area contributed by atoms with E-state index in [4.69, 9.17) is 0 Å². The van der Waals surface area contributed by atoms with Gasteiger partial charge in [-0.3, -0.25) is 6.08 Å². The molecular formula is C17H18LiN. The smallest absolute Gasteiger partial charge is 0.548 e. The van der Waals surface area contributed by atoms with Crippen LogP contribution in [0.1, 0.15) is 18.1 Å². The molecule has 0 aliphatic heterocycles. The molecule has 0 heterocycles. The van der Waals surface area contributed by atoms with Crippen molar-refractivity contribution in [2.75, 3.05) is 0 Å². The summed E-state index contributed by atoms with van der Waals surface area (Å²) in [6, 6.07) is 21.0. The Morgan fingerprint density at radius 2 is 1.26 bits per heavy atom. The molecule has 0 aliphatic rings. The van der Waals surface area contributed by atoms with E-state index < -0.39 is 0 Å². The van der Waals surface area contributed by atoms with Gasteiger partial charge >= 0.3 is 18.9 Å². The van der Waals surface area contributed by atoms with Crippen molar-refractivity contribution in [3.8, 4) is 0 Å². The summed E-state index contributed by atoms with van der Waals surface area (Å²) < 4.78 is 0. The largest absolute Gasteiger partial charge is 1.00 e. The summed E-state index contributed by atoms with van der Waals surface area (Å²) >= 11 is 0. The van der Waals surface area contributed by atoms with Gasteiger partial charge in [0.15, 0.2) is 0 Å². The third-order valence-electron chi connectivity index (χ3n) is 2.74. The van der Waals surface area contributed by atoms with Gasteiger partial charge in [0.25, 0.3) is 0 Å². The molecule has 0 aromatic heterocycles. The van der Waals surface area contributed by atoms with Gasteiger partial charge in [-0.2, -0.15) is 0 Å². The summed E-state index contributed by atoms with van der Waals surface area (Å²) in [6.07, 6.45) is 5.25. The van der Waals surface area contributed by atoms with Gasteiger partial charge in [0, 0.05) is 13.1 Å². The molecule has 0 N–H and O–H groups in total. The van der Waals surface area contributed by atoms with Crippen LogP contribution in [-0.4, -0.2) is 4.90 Å². The Bertz CT molecular complexity index is 438. The van der Waals surface area contributed by atoms with Gasteiger partial charge in [-0.05, 0) is 11.1 Å². The molecule has 2 rings (SSSR count). The fraction of sp³-hybridized carbons (Fsp3) is 0.176. The van der Waals surface area contributed by atoms with Crippen LogP contribution >= 0.6 is 0 Å². The van der Waals surface area contributed by atoms with Crippen molar-refractivity contribution in [2.45, 2.75) is 20.0 Å². The van der Waals surface area contributed by atoms with E-state index >= 15 is 0 Å². The van der Waals surface area contributed by atoms with Crippen molar-refractivity contribution >= 4 is 0 Å². The van der Waals surface area contributed by atoms with Crippen LogP contribution in [0, 0.1) is 6.20 Å². The summed E-state index contributed by atoms with van der Waals surface area (Å²) in [6.45, 7) is 3.78. The first kappa shape index (κ1) is 15.6. The van der Waals surface area contributed by atoms with Gasteiger partial charge in [0.1, 0.15) is 0 Å². The standard InChI is InChI=1S/C17H18N.Li/c1-2-13-18(14-16-9-5-3-6-10-16)15-17-11-7-4-8-12-17;/h2-12H,14-15H2,1H3;/q-1;+1. The predicted molar refractivity (Wildman–Crippen MR) is 75.6 cm³/mol. The molecule has 2 aromatic rings. The van der Waals surface area contributed by atoms with Crippen LogP contribution in [-0.2, 0) is 13.1 Å². The Balaban J connectivity index is 0.00000180. The van der Waals surface area contributed by atoms with E-state index in [9.17, 15) is 0 Å². The Hall–Kier alpha value is -1.42. The summed E-state index contributed by atoms with van der Waals surface area (Å²) in [7, 11) is 0. The van der Waals surface area contributed by atoms with Gasteiger partial charge in [-0.1, -0.05) is 67.6 Å². The number of allylic oxidation sites excluding steroid dienone is 1. The Kier molecular flexibility index (Phi) is 7.11. The fourth-order valence-electron chi connectivity index (χ4n) is 1.94. The molecule has 0 aliphatic carbocycles. The van der Waals surface area contributed by atoms with Crippen LogP contribution in [0.4, 0.5) is 0 Å². The van der Waals surface area contributed by atoms with Crippen LogP contribution in [0.2, 0.25) is 0 Å². The minimum Gasteiger partial charge on any atom is -0.548 e. The second-order valence-electron chi connectivity index (χ2n) is 4.25. The topological polar surface area (TPSA) is 3.24 Å². The number of nitrogens with zero attached hydrogens (tertiary/aromatic N) is 1. The van der Waals surface area contributed by atoms with Crippen LogP contribution in [0.25, 0.3) is 0 Å². The van der Waals surface area contributed by atoms with E-state index in [-0.39, 0.29) is 18.9 Å². The third kappa shape index (κ3) is 5.38. The van der Waals surface area contributed by atoms with Gasteiger partial charge in [0.2, 0.25) is 0 Å². The molecule has 0 amide bonds. The molecule has 2 aromatic carbocycles. The molecule has 0 spiro atoms. The molecule has 0 fully saturated rings. The number of benzene rings is 2. The summed E-state index contributed by atoms with van der Waals surface area (Å²) in [5.74, 6) is 0. The van der Waals surface area contributed by atoms with Crippen molar-refractivity contribution in [1.29, 1.82) is 0 Å². The zero-order valence-corrected chi connectivity index (χ0v) is 11.7. The zero-order valence-electron chi connectivity index (χ0n) is 11.7. The van der Waals surface area contributed by atoms with Crippen molar-refractivity contribution in [3.05, 3.63) is 84.1 Å². The molecule has 0 unspecified atom stereocenters.